The average molecular weight is 293 g/mol. The van der Waals surface area contributed by atoms with Crippen molar-refractivity contribution in [2.45, 2.75) is 30.9 Å². The number of aromatic amines is 1. The van der Waals surface area contributed by atoms with Crippen LogP contribution in [0, 0.1) is 0 Å². The van der Waals surface area contributed by atoms with E-state index in [0.717, 1.165) is 5.69 Å². The number of imidazole rings is 1. The van der Waals surface area contributed by atoms with Crippen LogP contribution < -0.4 is 5.73 Å². The molecule has 1 atom stereocenters. The predicted octanol–water partition coefficient (Wildman–Crippen LogP) is 0.687. The third-order valence-electron chi connectivity index (χ3n) is 3.85. The highest BCUT2D eigenvalue weighted by Gasteiger charge is 2.39. The SMILES string of the molecule is COC1(c2noc([C@@H](N)Cc3cnc[nH]3)n2)CCOCC1. The molecule has 0 saturated carbocycles. The van der Waals surface area contributed by atoms with E-state index in [0.29, 0.717) is 44.2 Å². The smallest absolute Gasteiger partial charge is 0.244 e. The first-order chi connectivity index (χ1) is 10.2. The molecule has 1 saturated heterocycles. The Hall–Kier alpha value is -1.77. The van der Waals surface area contributed by atoms with Crippen LogP contribution in [0.25, 0.3) is 0 Å². The fourth-order valence-corrected chi connectivity index (χ4v) is 2.51. The first kappa shape index (κ1) is 14.2. The molecule has 8 heteroatoms. The molecule has 21 heavy (non-hydrogen) atoms. The van der Waals surface area contributed by atoms with Gasteiger partial charge in [-0.05, 0) is 0 Å². The van der Waals surface area contributed by atoms with E-state index < -0.39 is 5.60 Å². The van der Waals surface area contributed by atoms with Crippen LogP contribution in [-0.2, 0) is 21.5 Å². The first-order valence-electron chi connectivity index (χ1n) is 6.93. The molecule has 2 aromatic rings. The quantitative estimate of drug-likeness (QED) is 0.833. The van der Waals surface area contributed by atoms with Gasteiger partial charge >= 0.3 is 0 Å². The number of methoxy groups -OCH3 is 1. The summed E-state index contributed by atoms with van der Waals surface area (Å²) in [7, 11) is 1.66. The van der Waals surface area contributed by atoms with E-state index >= 15 is 0 Å². The van der Waals surface area contributed by atoms with Gasteiger partial charge < -0.3 is 24.7 Å². The van der Waals surface area contributed by atoms with Crippen molar-refractivity contribution >= 4 is 0 Å². The van der Waals surface area contributed by atoms with Gasteiger partial charge in [-0.15, -0.1) is 0 Å². The maximum Gasteiger partial charge on any atom is 0.244 e. The normalized spacial score (nSPS) is 19.5. The summed E-state index contributed by atoms with van der Waals surface area (Å²) in [5.74, 6) is 0.950. The largest absolute Gasteiger partial charge is 0.381 e. The fraction of sp³-hybridized carbons (Fsp3) is 0.615. The van der Waals surface area contributed by atoms with Gasteiger partial charge in [0.05, 0.1) is 12.4 Å². The molecule has 0 amide bonds. The lowest BCUT2D eigenvalue weighted by atomic mass is 9.93. The lowest BCUT2D eigenvalue weighted by Crippen LogP contribution is -2.36. The topological polar surface area (TPSA) is 112 Å². The van der Waals surface area contributed by atoms with Crippen molar-refractivity contribution in [1.29, 1.82) is 0 Å². The molecule has 3 rings (SSSR count). The predicted molar refractivity (Wildman–Crippen MR) is 72.3 cm³/mol. The van der Waals surface area contributed by atoms with E-state index in [9.17, 15) is 0 Å². The van der Waals surface area contributed by atoms with Gasteiger partial charge in [0.25, 0.3) is 0 Å². The van der Waals surface area contributed by atoms with Crippen molar-refractivity contribution < 1.29 is 14.0 Å². The van der Waals surface area contributed by atoms with Gasteiger partial charge in [0.15, 0.2) is 0 Å². The second kappa shape index (κ2) is 5.92. The molecule has 0 aromatic carbocycles. The summed E-state index contributed by atoms with van der Waals surface area (Å²) in [6.07, 6.45) is 5.32. The molecular weight excluding hydrogens is 274 g/mol. The number of nitrogens with one attached hydrogen (secondary N) is 1. The fourth-order valence-electron chi connectivity index (χ4n) is 2.51. The molecule has 1 fully saturated rings. The van der Waals surface area contributed by atoms with Crippen LogP contribution in [0.3, 0.4) is 0 Å². The van der Waals surface area contributed by atoms with E-state index in [1.807, 2.05) is 0 Å². The minimum Gasteiger partial charge on any atom is -0.381 e. The van der Waals surface area contributed by atoms with Gasteiger partial charge in [0.1, 0.15) is 5.60 Å². The minimum absolute atomic E-state index is 0.375. The summed E-state index contributed by atoms with van der Waals surface area (Å²) < 4.78 is 16.3. The summed E-state index contributed by atoms with van der Waals surface area (Å²) in [6, 6.07) is -0.375. The number of ether oxygens (including phenoxy) is 2. The van der Waals surface area contributed by atoms with Crippen LogP contribution in [0.1, 0.15) is 36.3 Å². The zero-order chi connectivity index (χ0) is 14.7. The van der Waals surface area contributed by atoms with E-state index in [-0.39, 0.29) is 6.04 Å². The van der Waals surface area contributed by atoms with Crippen LogP contribution in [0.4, 0.5) is 0 Å². The van der Waals surface area contributed by atoms with Crippen molar-refractivity contribution in [1.82, 2.24) is 20.1 Å². The van der Waals surface area contributed by atoms with Gasteiger partial charge in [-0.3, -0.25) is 0 Å². The summed E-state index contributed by atoms with van der Waals surface area (Å²) in [4.78, 5) is 11.4. The summed E-state index contributed by atoms with van der Waals surface area (Å²) in [5, 5.41) is 4.06. The molecule has 8 nitrogen and oxygen atoms in total. The van der Waals surface area contributed by atoms with Gasteiger partial charge in [0, 0.05) is 51.5 Å². The van der Waals surface area contributed by atoms with E-state index in [1.54, 1.807) is 19.6 Å². The maximum absolute atomic E-state index is 6.10. The Bertz CT molecular complexity index is 562. The van der Waals surface area contributed by atoms with E-state index in [2.05, 4.69) is 20.1 Å². The Kier molecular flexibility index (Phi) is 4.00. The Balaban J connectivity index is 1.75. The van der Waals surface area contributed by atoms with Crippen molar-refractivity contribution in [2.24, 2.45) is 5.73 Å². The van der Waals surface area contributed by atoms with E-state index in [1.165, 1.54) is 0 Å². The molecule has 114 valence electrons. The third kappa shape index (κ3) is 2.82. The molecule has 1 aliphatic rings. The molecule has 0 spiro atoms. The number of hydrogen-bond donors (Lipinski definition) is 2. The molecule has 2 aromatic heterocycles. The summed E-state index contributed by atoms with van der Waals surface area (Å²) in [5.41, 5.74) is 6.50. The third-order valence-corrected chi connectivity index (χ3v) is 3.85. The van der Waals surface area contributed by atoms with Crippen LogP contribution >= 0.6 is 0 Å². The van der Waals surface area contributed by atoms with Crippen molar-refractivity contribution in [3.05, 3.63) is 29.9 Å². The average Bonchev–Trinajstić information content (AvgIpc) is 3.19. The van der Waals surface area contributed by atoms with Gasteiger partial charge in [0.2, 0.25) is 11.7 Å². The highest BCUT2D eigenvalue weighted by Crippen LogP contribution is 2.34. The zero-order valence-corrected chi connectivity index (χ0v) is 11.9. The Morgan fingerprint density at radius 1 is 1.48 bits per heavy atom. The van der Waals surface area contributed by atoms with Gasteiger partial charge in [-0.1, -0.05) is 5.16 Å². The van der Waals surface area contributed by atoms with Crippen LogP contribution in [0.2, 0.25) is 0 Å². The monoisotopic (exact) mass is 293 g/mol. The molecule has 0 radical (unpaired) electrons. The highest BCUT2D eigenvalue weighted by molar-refractivity contribution is 5.07. The summed E-state index contributed by atoms with van der Waals surface area (Å²) >= 11 is 0. The van der Waals surface area contributed by atoms with Crippen LogP contribution in [0.5, 0.6) is 0 Å². The second-order valence-electron chi connectivity index (χ2n) is 5.15. The van der Waals surface area contributed by atoms with Crippen molar-refractivity contribution in [3.63, 3.8) is 0 Å². The number of hydrogen-bond acceptors (Lipinski definition) is 7. The summed E-state index contributed by atoms with van der Waals surface area (Å²) in [6.45, 7) is 1.25. The minimum atomic E-state index is -0.534. The van der Waals surface area contributed by atoms with Gasteiger partial charge in [-0.25, -0.2) is 4.98 Å². The number of aromatic nitrogens is 4. The Morgan fingerprint density at radius 3 is 2.95 bits per heavy atom. The number of nitrogens with zero attached hydrogens (tertiary/aromatic N) is 3. The lowest BCUT2D eigenvalue weighted by Gasteiger charge is -2.32. The number of H-pyrrole nitrogens is 1. The maximum atomic E-state index is 6.10. The molecule has 0 unspecified atom stereocenters. The van der Waals surface area contributed by atoms with Crippen molar-refractivity contribution in [2.75, 3.05) is 20.3 Å². The van der Waals surface area contributed by atoms with Crippen LogP contribution in [0.15, 0.2) is 17.0 Å². The zero-order valence-electron chi connectivity index (χ0n) is 11.9. The molecule has 0 bridgehead atoms. The van der Waals surface area contributed by atoms with Gasteiger partial charge in [-0.2, -0.15) is 4.98 Å². The Morgan fingerprint density at radius 2 is 2.29 bits per heavy atom. The standard InChI is InChI=1S/C13H19N5O3/c1-19-13(2-4-20-5-3-13)12-17-11(21-18-12)10(14)6-9-7-15-8-16-9/h7-8,10H,2-6,14H2,1H3,(H,15,16)/t10-/m0/s1. The number of nitrogens with two attached hydrogens (primary N) is 1. The molecule has 1 aliphatic heterocycles. The number of rotatable bonds is 5. The van der Waals surface area contributed by atoms with E-state index in [4.69, 9.17) is 19.7 Å². The molecule has 3 N–H and O–H groups in total. The highest BCUT2D eigenvalue weighted by atomic mass is 16.5. The first-order valence-corrected chi connectivity index (χ1v) is 6.93. The molecule has 3 heterocycles. The van der Waals surface area contributed by atoms with Crippen molar-refractivity contribution in [3.8, 4) is 0 Å². The second-order valence-corrected chi connectivity index (χ2v) is 5.15. The molecule has 0 aliphatic carbocycles. The van der Waals surface area contributed by atoms with Crippen LogP contribution in [-0.4, -0.2) is 40.4 Å². The Labute approximate surface area is 122 Å². The molecular formula is C13H19N5O3. The lowest BCUT2D eigenvalue weighted by molar-refractivity contribution is -0.101.